The van der Waals surface area contributed by atoms with E-state index in [1.165, 1.54) is 4.90 Å². The Labute approximate surface area is 152 Å². The normalized spacial score (nSPS) is 17.9. The molecular formula is C19H21N5O2. The van der Waals surface area contributed by atoms with E-state index < -0.39 is 0 Å². The topological polar surface area (TPSA) is 68.8 Å². The minimum absolute atomic E-state index is 0.218. The Kier molecular flexibility index (Phi) is 4.40. The lowest BCUT2D eigenvalue weighted by Crippen LogP contribution is -2.50. The van der Waals surface area contributed by atoms with E-state index in [2.05, 4.69) is 27.1 Å². The molecule has 2 aromatic rings. The fourth-order valence-corrected chi connectivity index (χ4v) is 3.33. The van der Waals surface area contributed by atoms with Crippen LogP contribution in [0.3, 0.4) is 0 Å². The molecule has 0 atom stereocenters. The summed E-state index contributed by atoms with van der Waals surface area (Å²) in [6.07, 6.45) is 1.65. The van der Waals surface area contributed by atoms with E-state index in [4.69, 9.17) is 0 Å². The van der Waals surface area contributed by atoms with Crippen LogP contribution in [0.2, 0.25) is 0 Å². The standard InChI is InChI=1S/C19H21N5O2/c1-22-9-11-23(12-10-22)13-17(25)24-16-7-4-8-20-18(16)21-15-6-3-2-5-14(15)19(24)26/h2-8H,9-13H2,1H3,(H,20,21). The number of rotatable bonds is 2. The predicted molar refractivity (Wildman–Crippen MR) is 99.7 cm³/mol. The minimum atomic E-state index is -0.320. The quantitative estimate of drug-likeness (QED) is 0.886. The lowest BCUT2D eigenvalue weighted by atomic mass is 10.1. The number of carbonyl (C=O) groups excluding carboxylic acids is 2. The summed E-state index contributed by atoms with van der Waals surface area (Å²) in [6, 6.07) is 10.7. The van der Waals surface area contributed by atoms with Crippen LogP contribution < -0.4 is 10.2 Å². The minimum Gasteiger partial charge on any atom is -0.338 e. The Bertz CT molecular complexity index is 845. The van der Waals surface area contributed by atoms with Crippen LogP contribution in [0.4, 0.5) is 17.2 Å². The van der Waals surface area contributed by atoms with E-state index >= 15 is 0 Å². The van der Waals surface area contributed by atoms with Gasteiger partial charge in [0.1, 0.15) is 0 Å². The molecule has 2 aliphatic heterocycles. The number of carbonyl (C=O) groups is 2. The number of aromatic nitrogens is 1. The van der Waals surface area contributed by atoms with E-state index in [1.807, 2.05) is 12.1 Å². The zero-order chi connectivity index (χ0) is 18.1. The summed E-state index contributed by atoms with van der Waals surface area (Å²) in [6.45, 7) is 3.70. The van der Waals surface area contributed by atoms with Crippen LogP contribution in [-0.2, 0) is 4.79 Å². The van der Waals surface area contributed by atoms with Gasteiger partial charge in [-0.1, -0.05) is 12.1 Å². The van der Waals surface area contributed by atoms with Crippen molar-refractivity contribution in [3.8, 4) is 0 Å². The molecule has 7 nitrogen and oxygen atoms in total. The van der Waals surface area contributed by atoms with Gasteiger partial charge in [-0.2, -0.15) is 0 Å². The molecule has 2 aliphatic rings. The number of piperazine rings is 1. The molecule has 134 valence electrons. The third-order valence-electron chi connectivity index (χ3n) is 4.85. The average Bonchev–Trinajstić information content (AvgIpc) is 2.77. The summed E-state index contributed by atoms with van der Waals surface area (Å²) in [7, 11) is 2.07. The molecule has 1 aromatic heterocycles. The first-order valence-corrected chi connectivity index (χ1v) is 8.73. The lowest BCUT2D eigenvalue weighted by molar-refractivity contribution is -0.119. The van der Waals surface area contributed by atoms with Gasteiger partial charge in [0, 0.05) is 32.4 Å². The first-order chi connectivity index (χ1) is 12.6. The molecule has 0 aliphatic carbocycles. The zero-order valence-corrected chi connectivity index (χ0v) is 14.7. The molecule has 1 fully saturated rings. The van der Waals surface area contributed by atoms with Gasteiger partial charge in [-0.25, -0.2) is 9.88 Å². The number of anilines is 3. The molecule has 1 saturated heterocycles. The van der Waals surface area contributed by atoms with E-state index in [0.29, 0.717) is 22.8 Å². The molecular weight excluding hydrogens is 330 g/mol. The first kappa shape index (κ1) is 16.7. The van der Waals surface area contributed by atoms with Crippen LogP contribution in [0.25, 0.3) is 0 Å². The van der Waals surface area contributed by atoms with Crippen LogP contribution in [0.5, 0.6) is 0 Å². The second-order valence-corrected chi connectivity index (χ2v) is 6.66. The summed E-state index contributed by atoms with van der Waals surface area (Å²) in [5, 5.41) is 3.18. The van der Waals surface area contributed by atoms with E-state index in [1.54, 1.807) is 30.5 Å². The van der Waals surface area contributed by atoms with Crippen molar-refractivity contribution < 1.29 is 9.59 Å². The molecule has 0 radical (unpaired) electrons. The van der Waals surface area contributed by atoms with Crippen molar-refractivity contribution in [1.82, 2.24) is 14.8 Å². The van der Waals surface area contributed by atoms with Crippen LogP contribution in [0.15, 0.2) is 42.6 Å². The third kappa shape index (κ3) is 3.07. The van der Waals surface area contributed by atoms with Crippen molar-refractivity contribution in [2.45, 2.75) is 0 Å². The molecule has 1 aromatic carbocycles. The average molecular weight is 351 g/mol. The van der Waals surface area contributed by atoms with Crippen molar-refractivity contribution in [2.75, 3.05) is 50.0 Å². The maximum Gasteiger partial charge on any atom is 0.267 e. The molecule has 0 saturated carbocycles. The SMILES string of the molecule is CN1CCN(CC(=O)N2C(=O)c3ccccc3Nc3ncccc32)CC1. The summed E-state index contributed by atoms with van der Waals surface area (Å²) < 4.78 is 0. The number of hydrogen-bond acceptors (Lipinski definition) is 6. The summed E-state index contributed by atoms with van der Waals surface area (Å²) in [4.78, 5) is 36.1. The van der Waals surface area contributed by atoms with Crippen molar-refractivity contribution in [2.24, 2.45) is 0 Å². The van der Waals surface area contributed by atoms with E-state index in [0.717, 1.165) is 26.2 Å². The maximum atomic E-state index is 13.1. The van der Waals surface area contributed by atoms with Crippen LogP contribution in [-0.4, -0.2) is 66.4 Å². The highest BCUT2D eigenvalue weighted by Gasteiger charge is 2.32. The molecule has 0 spiro atoms. The predicted octanol–water partition coefficient (Wildman–Crippen LogP) is 1.56. The second kappa shape index (κ2) is 6.86. The van der Waals surface area contributed by atoms with Gasteiger partial charge in [0.05, 0.1) is 23.5 Å². The molecule has 1 N–H and O–H groups in total. The molecule has 4 rings (SSSR count). The molecule has 3 heterocycles. The Morgan fingerprint density at radius 2 is 1.88 bits per heavy atom. The molecule has 0 bridgehead atoms. The van der Waals surface area contributed by atoms with Gasteiger partial charge in [-0.3, -0.25) is 14.5 Å². The summed E-state index contributed by atoms with van der Waals surface area (Å²) in [5.74, 6) is -0.0381. The van der Waals surface area contributed by atoms with Gasteiger partial charge in [-0.05, 0) is 31.3 Å². The van der Waals surface area contributed by atoms with Crippen molar-refractivity contribution >= 4 is 29.0 Å². The number of fused-ring (bicyclic) bond motifs is 2. The van der Waals surface area contributed by atoms with Crippen LogP contribution >= 0.6 is 0 Å². The van der Waals surface area contributed by atoms with Gasteiger partial charge in [0.25, 0.3) is 5.91 Å². The second-order valence-electron chi connectivity index (χ2n) is 6.66. The smallest absolute Gasteiger partial charge is 0.267 e. The third-order valence-corrected chi connectivity index (χ3v) is 4.85. The maximum absolute atomic E-state index is 13.1. The van der Waals surface area contributed by atoms with Gasteiger partial charge in [0.15, 0.2) is 5.82 Å². The van der Waals surface area contributed by atoms with E-state index in [-0.39, 0.29) is 18.4 Å². The van der Waals surface area contributed by atoms with Gasteiger partial charge in [0.2, 0.25) is 5.91 Å². The summed E-state index contributed by atoms with van der Waals surface area (Å²) in [5.41, 5.74) is 1.62. The van der Waals surface area contributed by atoms with Crippen LogP contribution in [0.1, 0.15) is 10.4 Å². The Hall–Kier alpha value is -2.77. The fourth-order valence-electron chi connectivity index (χ4n) is 3.33. The number of nitrogens with zero attached hydrogens (tertiary/aromatic N) is 4. The number of para-hydroxylation sites is 1. The Morgan fingerprint density at radius 3 is 2.69 bits per heavy atom. The highest BCUT2D eigenvalue weighted by atomic mass is 16.2. The Balaban J connectivity index is 1.67. The number of amides is 2. The van der Waals surface area contributed by atoms with E-state index in [9.17, 15) is 9.59 Å². The van der Waals surface area contributed by atoms with Crippen LogP contribution in [0, 0.1) is 0 Å². The highest BCUT2D eigenvalue weighted by Crippen LogP contribution is 2.34. The monoisotopic (exact) mass is 351 g/mol. The molecule has 26 heavy (non-hydrogen) atoms. The molecule has 0 unspecified atom stereocenters. The lowest BCUT2D eigenvalue weighted by Gasteiger charge is -2.33. The first-order valence-electron chi connectivity index (χ1n) is 8.73. The van der Waals surface area contributed by atoms with Gasteiger partial charge >= 0.3 is 0 Å². The zero-order valence-electron chi connectivity index (χ0n) is 14.7. The van der Waals surface area contributed by atoms with Crippen molar-refractivity contribution in [3.05, 3.63) is 48.2 Å². The highest BCUT2D eigenvalue weighted by molar-refractivity contribution is 6.25. The summed E-state index contributed by atoms with van der Waals surface area (Å²) >= 11 is 0. The van der Waals surface area contributed by atoms with Crippen molar-refractivity contribution in [3.63, 3.8) is 0 Å². The number of hydrogen-bond donors (Lipinski definition) is 1. The number of nitrogens with one attached hydrogen (secondary N) is 1. The van der Waals surface area contributed by atoms with Gasteiger partial charge < -0.3 is 10.2 Å². The Morgan fingerprint density at radius 1 is 1.12 bits per heavy atom. The van der Waals surface area contributed by atoms with Crippen molar-refractivity contribution in [1.29, 1.82) is 0 Å². The number of likely N-dealkylation sites (N-methyl/N-ethyl adjacent to an activating group) is 1. The number of imide groups is 1. The largest absolute Gasteiger partial charge is 0.338 e. The molecule has 7 heteroatoms. The fraction of sp³-hybridized carbons (Fsp3) is 0.316. The van der Waals surface area contributed by atoms with Gasteiger partial charge in [-0.15, -0.1) is 0 Å². The molecule has 2 amide bonds. The number of benzene rings is 1. The number of pyridine rings is 1.